The van der Waals surface area contributed by atoms with Gasteiger partial charge in [-0.1, -0.05) is 18.2 Å². The van der Waals surface area contributed by atoms with Crippen molar-refractivity contribution < 1.29 is 19.1 Å². The zero-order valence-corrected chi connectivity index (χ0v) is 18.2. The molecular weight excluding hydrogens is 408 g/mol. The van der Waals surface area contributed by atoms with E-state index in [-0.39, 0.29) is 11.6 Å². The number of morpholine rings is 1. The molecule has 1 atom stereocenters. The molecule has 2 aromatic carbocycles. The molecule has 1 saturated heterocycles. The molecule has 4 rings (SSSR count). The Morgan fingerprint density at radius 3 is 2.41 bits per heavy atom. The Morgan fingerprint density at radius 1 is 1.06 bits per heavy atom. The number of methoxy groups -OCH3 is 1. The number of amides is 2. The molecule has 1 N–H and O–H groups in total. The van der Waals surface area contributed by atoms with Gasteiger partial charge in [-0.15, -0.1) is 0 Å². The first-order chi connectivity index (χ1) is 15.6. The fourth-order valence-electron chi connectivity index (χ4n) is 3.62. The summed E-state index contributed by atoms with van der Waals surface area (Å²) in [5.74, 6) is 0.219. The monoisotopic (exact) mass is 434 g/mol. The van der Waals surface area contributed by atoms with Crippen LogP contribution in [0, 0.1) is 0 Å². The van der Waals surface area contributed by atoms with E-state index < -0.39 is 11.9 Å². The van der Waals surface area contributed by atoms with Crippen LogP contribution in [-0.2, 0) is 9.53 Å². The lowest BCUT2D eigenvalue weighted by atomic mass is 10.1. The summed E-state index contributed by atoms with van der Waals surface area (Å²) >= 11 is 0. The van der Waals surface area contributed by atoms with Crippen molar-refractivity contribution >= 4 is 11.8 Å². The predicted octanol–water partition coefficient (Wildman–Crippen LogP) is 2.53. The maximum Gasteiger partial charge on any atom is 0.272 e. The molecule has 1 fully saturated rings. The van der Waals surface area contributed by atoms with Crippen molar-refractivity contribution in [2.24, 2.45) is 0 Å². The molecule has 1 aliphatic rings. The van der Waals surface area contributed by atoms with E-state index in [9.17, 15) is 9.59 Å². The molecule has 0 bridgehead atoms. The first-order valence-electron chi connectivity index (χ1n) is 10.5. The minimum atomic E-state index is -0.660. The lowest BCUT2D eigenvalue weighted by molar-refractivity contribution is -0.136. The first kappa shape index (κ1) is 21.6. The van der Waals surface area contributed by atoms with E-state index in [4.69, 9.17) is 9.47 Å². The third-order valence-corrected chi connectivity index (χ3v) is 5.37. The highest BCUT2D eigenvalue weighted by atomic mass is 16.5. The Bertz CT molecular complexity index is 1070. The molecule has 8 nitrogen and oxygen atoms in total. The molecule has 1 unspecified atom stereocenters. The van der Waals surface area contributed by atoms with Crippen LogP contribution in [0.2, 0.25) is 0 Å². The van der Waals surface area contributed by atoms with Crippen LogP contribution >= 0.6 is 0 Å². The Morgan fingerprint density at radius 2 is 1.75 bits per heavy atom. The largest absolute Gasteiger partial charge is 0.497 e. The topological polar surface area (TPSA) is 85.7 Å². The molecule has 0 aliphatic carbocycles. The van der Waals surface area contributed by atoms with Crippen LogP contribution in [0.5, 0.6) is 5.75 Å². The summed E-state index contributed by atoms with van der Waals surface area (Å²) in [7, 11) is 1.62. The number of nitrogens with one attached hydrogen (secondary N) is 1. The smallest absolute Gasteiger partial charge is 0.272 e. The number of para-hydroxylation sites is 1. The zero-order valence-electron chi connectivity index (χ0n) is 18.2. The number of hydrogen-bond acceptors (Lipinski definition) is 5. The molecule has 2 amide bonds. The van der Waals surface area contributed by atoms with Gasteiger partial charge in [0, 0.05) is 18.7 Å². The van der Waals surface area contributed by atoms with Gasteiger partial charge in [0.25, 0.3) is 5.91 Å². The fourth-order valence-corrected chi connectivity index (χ4v) is 3.62. The zero-order chi connectivity index (χ0) is 22.5. The van der Waals surface area contributed by atoms with Crippen LogP contribution in [0.3, 0.4) is 0 Å². The molecular formula is C24H26N4O4. The average Bonchev–Trinajstić information content (AvgIpc) is 3.30. The maximum atomic E-state index is 13.0. The van der Waals surface area contributed by atoms with Crippen molar-refractivity contribution in [2.45, 2.75) is 13.0 Å². The first-order valence-corrected chi connectivity index (χ1v) is 10.5. The van der Waals surface area contributed by atoms with Crippen LogP contribution in [0.4, 0.5) is 0 Å². The molecule has 0 radical (unpaired) electrons. The van der Waals surface area contributed by atoms with Gasteiger partial charge in [-0.3, -0.25) is 9.59 Å². The van der Waals surface area contributed by atoms with E-state index >= 15 is 0 Å². The molecule has 3 aromatic rings. The van der Waals surface area contributed by atoms with Gasteiger partial charge in [0.1, 0.15) is 11.8 Å². The van der Waals surface area contributed by atoms with Gasteiger partial charge in [0.15, 0.2) is 5.69 Å². The quantitative estimate of drug-likeness (QED) is 0.644. The number of rotatable bonds is 6. The van der Waals surface area contributed by atoms with E-state index in [0.717, 1.165) is 22.7 Å². The van der Waals surface area contributed by atoms with Crippen LogP contribution in [0.1, 0.15) is 17.4 Å². The molecule has 1 aliphatic heterocycles. The minimum Gasteiger partial charge on any atom is -0.497 e. The fraction of sp³-hybridized carbons (Fsp3) is 0.292. The second-order valence-electron chi connectivity index (χ2n) is 7.52. The highest BCUT2D eigenvalue weighted by Crippen LogP contribution is 2.26. The summed E-state index contributed by atoms with van der Waals surface area (Å²) in [6, 6.07) is 18.2. The number of nitrogens with zero attached hydrogens (tertiary/aromatic N) is 3. The SMILES string of the molecule is COc1ccc(-c2cc(C(=O)NC(C)C(=O)N3CCOCC3)nn2-c2ccccc2)cc1. The van der Waals surface area contributed by atoms with Crippen molar-refractivity contribution in [3.05, 3.63) is 66.4 Å². The third-order valence-electron chi connectivity index (χ3n) is 5.37. The van der Waals surface area contributed by atoms with Gasteiger partial charge in [-0.25, -0.2) is 4.68 Å². The lowest BCUT2D eigenvalue weighted by Gasteiger charge is -2.29. The minimum absolute atomic E-state index is 0.125. The number of carbonyl (C=O) groups is 2. The van der Waals surface area contributed by atoms with Crippen molar-refractivity contribution in [2.75, 3.05) is 33.4 Å². The van der Waals surface area contributed by atoms with Gasteiger partial charge in [-0.05, 0) is 49.4 Å². The molecule has 0 saturated carbocycles. The van der Waals surface area contributed by atoms with Crippen molar-refractivity contribution in [3.63, 3.8) is 0 Å². The second-order valence-corrected chi connectivity index (χ2v) is 7.52. The number of ether oxygens (including phenoxy) is 2. The van der Waals surface area contributed by atoms with Crippen molar-refractivity contribution in [1.82, 2.24) is 20.0 Å². The summed E-state index contributed by atoms with van der Waals surface area (Å²) in [4.78, 5) is 27.3. The third kappa shape index (κ3) is 4.65. The molecule has 1 aromatic heterocycles. The van der Waals surface area contributed by atoms with E-state index in [0.29, 0.717) is 26.3 Å². The molecule has 166 valence electrons. The van der Waals surface area contributed by atoms with Crippen LogP contribution in [0.25, 0.3) is 16.9 Å². The summed E-state index contributed by atoms with van der Waals surface area (Å²) < 4.78 is 12.3. The standard InChI is InChI=1S/C24H26N4O4/c1-17(24(30)27-12-14-32-15-13-27)25-23(29)21-16-22(18-8-10-20(31-2)11-9-18)28(26-21)19-6-4-3-5-7-19/h3-11,16-17H,12-15H2,1-2H3,(H,25,29). The molecule has 2 heterocycles. The number of benzene rings is 2. The van der Waals surface area contributed by atoms with E-state index in [1.807, 2.05) is 54.6 Å². The van der Waals surface area contributed by atoms with Crippen LogP contribution in [0.15, 0.2) is 60.7 Å². The summed E-state index contributed by atoms with van der Waals surface area (Å²) in [6.07, 6.45) is 0. The van der Waals surface area contributed by atoms with Crippen LogP contribution < -0.4 is 10.1 Å². The van der Waals surface area contributed by atoms with Crippen molar-refractivity contribution in [1.29, 1.82) is 0 Å². The predicted molar refractivity (Wildman–Crippen MR) is 120 cm³/mol. The highest BCUT2D eigenvalue weighted by molar-refractivity contribution is 5.97. The van der Waals surface area contributed by atoms with Gasteiger partial charge in [-0.2, -0.15) is 5.10 Å². The average molecular weight is 434 g/mol. The van der Waals surface area contributed by atoms with Gasteiger partial charge in [0.2, 0.25) is 5.91 Å². The lowest BCUT2D eigenvalue weighted by Crippen LogP contribution is -2.50. The van der Waals surface area contributed by atoms with E-state index in [1.165, 1.54) is 0 Å². The van der Waals surface area contributed by atoms with Crippen molar-refractivity contribution in [3.8, 4) is 22.7 Å². The number of carbonyl (C=O) groups excluding carboxylic acids is 2. The number of hydrogen-bond donors (Lipinski definition) is 1. The molecule has 8 heteroatoms. The molecule has 32 heavy (non-hydrogen) atoms. The Hall–Kier alpha value is -3.65. The van der Waals surface area contributed by atoms with Crippen LogP contribution in [-0.4, -0.2) is 65.9 Å². The Labute approximate surface area is 186 Å². The van der Waals surface area contributed by atoms with Gasteiger partial charge < -0.3 is 19.7 Å². The summed E-state index contributed by atoms with van der Waals surface area (Å²) in [6.45, 7) is 3.78. The van der Waals surface area contributed by atoms with Gasteiger partial charge in [0.05, 0.1) is 31.7 Å². The maximum absolute atomic E-state index is 13.0. The summed E-state index contributed by atoms with van der Waals surface area (Å²) in [5.41, 5.74) is 2.71. The highest BCUT2D eigenvalue weighted by Gasteiger charge is 2.25. The number of aromatic nitrogens is 2. The Kier molecular flexibility index (Phi) is 6.51. The molecule has 0 spiro atoms. The second kappa shape index (κ2) is 9.65. The Balaban J connectivity index is 1.60. The van der Waals surface area contributed by atoms with E-state index in [2.05, 4.69) is 10.4 Å². The summed E-state index contributed by atoms with van der Waals surface area (Å²) in [5, 5.41) is 7.34. The van der Waals surface area contributed by atoms with E-state index in [1.54, 1.807) is 29.7 Å². The van der Waals surface area contributed by atoms with Gasteiger partial charge >= 0.3 is 0 Å². The normalized spacial score (nSPS) is 14.6.